The van der Waals surface area contributed by atoms with Gasteiger partial charge in [0.05, 0.1) is 17.2 Å². The monoisotopic (exact) mass is 673 g/mol. The van der Waals surface area contributed by atoms with Gasteiger partial charge in [0.1, 0.15) is 28.9 Å². The van der Waals surface area contributed by atoms with E-state index in [-0.39, 0.29) is 10.2 Å². The zero-order chi connectivity index (χ0) is 30.1. The molecule has 0 amide bonds. The van der Waals surface area contributed by atoms with Crippen LogP contribution in [0, 0.1) is 0 Å². The predicted octanol–water partition coefficient (Wildman–Crippen LogP) is 3.84. The van der Waals surface area contributed by atoms with Crippen LogP contribution in [-0.4, -0.2) is 56.5 Å². The molecule has 3 aromatic rings. The number of rotatable bonds is 10. The van der Waals surface area contributed by atoms with E-state index in [4.69, 9.17) is 30.1 Å². The number of H-pyrrole nitrogens is 1. The summed E-state index contributed by atoms with van der Waals surface area (Å²) < 4.78 is 37.9. The van der Waals surface area contributed by atoms with Crippen molar-refractivity contribution in [3.8, 4) is 5.75 Å². The molecule has 0 radical (unpaired) electrons. The molecule has 0 bridgehead atoms. The van der Waals surface area contributed by atoms with Gasteiger partial charge in [-0.15, -0.1) is 11.6 Å². The number of halogens is 2. The number of carbonyl (C=O) groups is 1. The summed E-state index contributed by atoms with van der Waals surface area (Å²) in [5.41, 5.74) is -1.46. The highest BCUT2D eigenvalue weighted by atomic mass is 79.9. The average Bonchev–Trinajstić information content (AvgIpc) is 3.13. The number of fused-ring (bicyclic) bond motifs is 1. The molecule has 41 heavy (non-hydrogen) atoms. The number of nitrogens with one attached hydrogen (secondary N) is 2. The molecule has 2 heterocycles. The molecule has 0 saturated carbocycles. The second-order valence-corrected chi connectivity index (χ2v) is 13.3. The van der Waals surface area contributed by atoms with Gasteiger partial charge in [0.2, 0.25) is 0 Å². The fourth-order valence-corrected chi connectivity index (χ4v) is 6.41. The lowest BCUT2D eigenvalue weighted by atomic mass is 10.0. The third-order valence-electron chi connectivity index (χ3n) is 6.33. The minimum Gasteiger partial charge on any atom is -0.462 e. The Hall–Kier alpha value is -2.51. The van der Waals surface area contributed by atoms with E-state index in [2.05, 4.69) is 26.0 Å². The van der Waals surface area contributed by atoms with Crippen molar-refractivity contribution in [2.75, 3.05) is 6.61 Å². The number of benzene rings is 2. The molecule has 0 spiro atoms. The maximum absolute atomic E-state index is 14.1. The summed E-state index contributed by atoms with van der Waals surface area (Å²) in [4.78, 5) is 37.4. The Morgan fingerprint density at radius 3 is 2.63 bits per heavy atom. The molecule has 4 rings (SSSR count). The van der Waals surface area contributed by atoms with Gasteiger partial charge >= 0.3 is 19.4 Å². The SMILES string of the molecule is CC(C)OC(=O)[C@@H](C)N[P@@](=O)(OC[C@H]1O[C@@H](n2cc(Br)c(=O)[nH]c2=O)[C@](C)(Cl)[C@@H]1O)Oc1cccc2ccccc12. The standard InChI is InChI=1S/C26H30BrClN3O9P/c1-14(2)38-23(34)15(3)30-41(36,40-19-11-7-9-16-8-5-6-10-17(16)19)37-13-20-21(32)26(4,28)24(39-20)31-12-18(27)22(33)29-25(31)35/h5-12,14-15,20-21,24,32H,13H2,1-4H3,(H,30,36)(H,29,33,35)/t15-,20-,21-,24-,26-,41-/m1/s1. The molecule has 1 aromatic heterocycles. The van der Waals surface area contributed by atoms with Crippen LogP contribution in [0.1, 0.15) is 33.9 Å². The van der Waals surface area contributed by atoms with E-state index in [0.29, 0.717) is 5.39 Å². The van der Waals surface area contributed by atoms with Crippen molar-refractivity contribution in [1.29, 1.82) is 0 Å². The second kappa shape index (κ2) is 12.4. The topological polar surface area (TPSA) is 158 Å². The Kier molecular flexibility index (Phi) is 9.49. The minimum absolute atomic E-state index is 0.0433. The first-order chi connectivity index (χ1) is 19.2. The highest BCUT2D eigenvalue weighted by Gasteiger charge is 2.54. The van der Waals surface area contributed by atoms with Crippen LogP contribution in [0.4, 0.5) is 0 Å². The van der Waals surface area contributed by atoms with Gasteiger partial charge in [0.25, 0.3) is 5.56 Å². The first-order valence-corrected chi connectivity index (χ1v) is 15.4. The molecule has 2 aromatic carbocycles. The molecule has 6 atom stereocenters. The van der Waals surface area contributed by atoms with Crippen molar-refractivity contribution in [1.82, 2.24) is 14.6 Å². The summed E-state index contributed by atoms with van der Waals surface area (Å²) in [5, 5.41) is 15.1. The van der Waals surface area contributed by atoms with Crippen molar-refractivity contribution in [2.24, 2.45) is 0 Å². The van der Waals surface area contributed by atoms with Crippen molar-refractivity contribution in [3.05, 3.63) is 74.0 Å². The molecule has 1 aliphatic rings. The Labute approximate surface area is 248 Å². The maximum Gasteiger partial charge on any atom is 0.459 e. The van der Waals surface area contributed by atoms with Crippen molar-refractivity contribution < 1.29 is 33.0 Å². The Balaban J connectivity index is 1.61. The number of ether oxygens (including phenoxy) is 2. The molecular formula is C26H30BrClN3O9P. The van der Waals surface area contributed by atoms with Crippen LogP contribution in [-0.2, 0) is 23.4 Å². The average molecular weight is 675 g/mol. The fourth-order valence-electron chi connectivity index (χ4n) is 4.28. The van der Waals surface area contributed by atoms with Crippen LogP contribution < -0.4 is 20.9 Å². The van der Waals surface area contributed by atoms with Crippen LogP contribution in [0.25, 0.3) is 10.8 Å². The summed E-state index contributed by atoms with van der Waals surface area (Å²) in [7, 11) is -4.34. The van der Waals surface area contributed by atoms with Crippen LogP contribution >= 0.6 is 35.3 Å². The quantitative estimate of drug-likeness (QED) is 0.164. The zero-order valence-electron chi connectivity index (χ0n) is 22.6. The van der Waals surface area contributed by atoms with E-state index < -0.39 is 67.0 Å². The molecule has 3 N–H and O–H groups in total. The summed E-state index contributed by atoms with van der Waals surface area (Å²) in [5.74, 6) is -0.458. The summed E-state index contributed by atoms with van der Waals surface area (Å²) in [6.45, 7) is 5.74. The molecule has 15 heteroatoms. The number of hydrogen-bond donors (Lipinski definition) is 3. The van der Waals surface area contributed by atoms with Gasteiger partial charge in [-0.05, 0) is 55.1 Å². The summed E-state index contributed by atoms with van der Waals surface area (Å²) in [6, 6.07) is 11.3. The molecule has 0 unspecified atom stereocenters. The van der Waals surface area contributed by atoms with Gasteiger partial charge in [-0.25, -0.2) is 9.36 Å². The number of nitrogens with zero attached hydrogens (tertiary/aromatic N) is 1. The van der Waals surface area contributed by atoms with Crippen LogP contribution in [0.3, 0.4) is 0 Å². The third kappa shape index (κ3) is 6.94. The van der Waals surface area contributed by atoms with Gasteiger partial charge in [-0.3, -0.25) is 23.7 Å². The van der Waals surface area contributed by atoms with E-state index in [0.717, 1.165) is 9.95 Å². The van der Waals surface area contributed by atoms with E-state index in [1.165, 1.54) is 20.0 Å². The summed E-state index contributed by atoms with van der Waals surface area (Å²) in [6.07, 6.45) is -3.06. The largest absolute Gasteiger partial charge is 0.462 e. The highest BCUT2D eigenvalue weighted by molar-refractivity contribution is 9.10. The van der Waals surface area contributed by atoms with E-state index in [1.54, 1.807) is 38.1 Å². The van der Waals surface area contributed by atoms with Crippen LogP contribution in [0.15, 0.2) is 62.7 Å². The number of carbonyl (C=O) groups excluding carboxylic acids is 1. The van der Waals surface area contributed by atoms with Gasteiger partial charge in [0.15, 0.2) is 6.23 Å². The fraction of sp³-hybridized carbons (Fsp3) is 0.423. The van der Waals surface area contributed by atoms with Gasteiger partial charge in [0, 0.05) is 11.6 Å². The number of aromatic amines is 1. The van der Waals surface area contributed by atoms with Crippen LogP contribution in [0.5, 0.6) is 5.75 Å². The first-order valence-electron chi connectivity index (χ1n) is 12.7. The number of aliphatic hydroxyl groups excluding tert-OH is 1. The second-order valence-electron chi connectivity index (χ2n) is 9.96. The van der Waals surface area contributed by atoms with Gasteiger partial charge in [-0.1, -0.05) is 36.4 Å². The Morgan fingerprint density at radius 1 is 1.24 bits per heavy atom. The number of esters is 1. The molecule has 1 aliphatic heterocycles. The smallest absolute Gasteiger partial charge is 0.459 e. The maximum atomic E-state index is 14.1. The highest BCUT2D eigenvalue weighted by Crippen LogP contribution is 2.49. The lowest BCUT2D eigenvalue weighted by Gasteiger charge is -2.27. The van der Waals surface area contributed by atoms with Gasteiger partial charge < -0.3 is 19.1 Å². The lowest BCUT2D eigenvalue weighted by Crippen LogP contribution is -2.43. The third-order valence-corrected chi connectivity index (χ3v) is 8.93. The van der Waals surface area contributed by atoms with E-state index in [1.807, 2.05) is 18.2 Å². The zero-order valence-corrected chi connectivity index (χ0v) is 25.8. The molecular weight excluding hydrogens is 645 g/mol. The first kappa shape index (κ1) is 31.4. The van der Waals surface area contributed by atoms with Crippen molar-refractivity contribution in [2.45, 2.75) is 63.2 Å². The molecule has 222 valence electrons. The summed E-state index contributed by atoms with van der Waals surface area (Å²) >= 11 is 9.68. The van der Waals surface area contributed by atoms with Crippen LogP contribution in [0.2, 0.25) is 0 Å². The predicted molar refractivity (Wildman–Crippen MR) is 155 cm³/mol. The molecule has 1 saturated heterocycles. The van der Waals surface area contributed by atoms with E-state index >= 15 is 0 Å². The van der Waals surface area contributed by atoms with Crippen molar-refractivity contribution in [3.63, 3.8) is 0 Å². The normalized spacial score (nSPS) is 24.7. The Morgan fingerprint density at radius 2 is 1.93 bits per heavy atom. The number of alkyl halides is 1. The lowest BCUT2D eigenvalue weighted by molar-refractivity contribution is -0.149. The Bertz CT molecular complexity index is 1590. The van der Waals surface area contributed by atoms with Gasteiger partial charge in [-0.2, -0.15) is 5.09 Å². The number of aliphatic hydroxyl groups is 1. The molecule has 0 aliphatic carbocycles. The van der Waals surface area contributed by atoms with E-state index in [9.17, 15) is 24.1 Å². The van der Waals surface area contributed by atoms with Crippen molar-refractivity contribution >= 4 is 52.0 Å². The molecule has 12 nitrogen and oxygen atoms in total. The number of aromatic nitrogens is 2. The number of hydrogen-bond acceptors (Lipinski definition) is 9. The molecule has 1 fully saturated rings. The minimum atomic E-state index is -4.34.